The summed E-state index contributed by atoms with van der Waals surface area (Å²) < 4.78 is 0. The third-order valence-electron chi connectivity index (χ3n) is 2.44. The Bertz CT molecular complexity index is 443. The summed E-state index contributed by atoms with van der Waals surface area (Å²) in [6.45, 7) is 3.68. The van der Waals surface area contributed by atoms with Crippen LogP contribution in [0.3, 0.4) is 0 Å². The van der Waals surface area contributed by atoms with Crippen molar-refractivity contribution in [3.05, 3.63) is 23.9 Å². The van der Waals surface area contributed by atoms with Crippen molar-refractivity contribution in [2.24, 2.45) is 16.9 Å². The van der Waals surface area contributed by atoms with Gasteiger partial charge in [0.15, 0.2) is 0 Å². The molecule has 5 N–H and O–H groups in total. The standard InChI is InChI=1S/C11H16N4O2/c1-11(2,10(13)17)6-15-9-7(8(12)16)4-3-5-14-9/h3-5H,6H2,1-2H3,(H2,12,16)(H2,13,17)(H,14,15). The third-order valence-corrected chi connectivity index (χ3v) is 2.44. The van der Waals surface area contributed by atoms with Gasteiger partial charge in [0.2, 0.25) is 5.91 Å². The van der Waals surface area contributed by atoms with Crippen molar-refractivity contribution in [3.8, 4) is 0 Å². The molecule has 1 aromatic heterocycles. The summed E-state index contributed by atoms with van der Waals surface area (Å²) in [5.74, 6) is -0.645. The normalized spacial score (nSPS) is 10.9. The van der Waals surface area contributed by atoms with Gasteiger partial charge in [0, 0.05) is 12.7 Å². The predicted molar refractivity (Wildman–Crippen MR) is 64.2 cm³/mol. The summed E-state index contributed by atoms with van der Waals surface area (Å²) >= 11 is 0. The molecule has 0 aliphatic heterocycles. The Labute approximate surface area is 99.4 Å². The molecule has 0 spiro atoms. The summed E-state index contributed by atoms with van der Waals surface area (Å²) in [6.07, 6.45) is 1.53. The van der Waals surface area contributed by atoms with Gasteiger partial charge in [-0.15, -0.1) is 0 Å². The minimum Gasteiger partial charge on any atom is -0.369 e. The van der Waals surface area contributed by atoms with Crippen LogP contribution in [0.2, 0.25) is 0 Å². The van der Waals surface area contributed by atoms with Crippen LogP contribution < -0.4 is 16.8 Å². The molecule has 0 saturated carbocycles. The number of carbonyl (C=O) groups excluding carboxylic acids is 2. The van der Waals surface area contributed by atoms with E-state index in [0.29, 0.717) is 5.82 Å². The van der Waals surface area contributed by atoms with E-state index in [1.54, 1.807) is 26.0 Å². The minimum atomic E-state index is -0.730. The molecule has 1 rings (SSSR count). The molecule has 1 aromatic rings. The molecule has 6 heteroatoms. The van der Waals surface area contributed by atoms with Gasteiger partial charge in [-0.2, -0.15) is 0 Å². The number of hydrogen-bond donors (Lipinski definition) is 3. The second-order valence-corrected chi connectivity index (χ2v) is 4.37. The Morgan fingerprint density at radius 1 is 1.41 bits per heavy atom. The zero-order valence-corrected chi connectivity index (χ0v) is 9.86. The second kappa shape index (κ2) is 4.82. The summed E-state index contributed by atoms with van der Waals surface area (Å²) in [7, 11) is 0. The Kier molecular flexibility index (Phi) is 3.67. The molecule has 2 amide bonds. The highest BCUT2D eigenvalue weighted by atomic mass is 16.1. The average Bonchev–Trinajstić information content (AvgIpc) is 2.26. The lowest BCUT2D eigenvalue weighted by Gasteiger charge is -2.21. The number of carbonyl (C=O) groups is 2. The summed E-state index contributed by atoms with van der Waals surface area (Å²) in [5, 5.41) is 2.90. The van der Waals surface area contributed by atoms with Gasteiger partial charge in [-0.05, 0) is 26.0 Å². The van der Waals surface area contributed by atoms with E-state index in [4.69, 9.17) is 11.5 Å². The number of amides is 2. The lowest BCUT2D eigenvalue weighted by Crippen LogP contribution is -2.37. The van der Waals surface area contributed by atoms with E-state index < -0.39 is 17.2 Å². The van der Waals surface area contributed by atoms with Crippen LogP contribution in [0.25, 0.3) is 0 Å². The van der Waals surface area contributed by atoms with Gasteiger partial charge in [0.05, 0.1) is 11.0 Å². The first-order valence-corrected chi connectivity index (χ1v) is 5.13. The molecule has 0 aliphatic carbocycles. The second-order valence-electron chi connectivity index (χ2n) is 4.37. The maximum Gasteiger partial charge on any atom is 0.252 e. The van der Waals surface area contributed by atoms with E-state index >= 15 is 0 Å². The van der Waals surface area contributed by atoms with Crippen molar-refractivity contribution < 1.29 is 9.59 Å². The molecule has 0 fully saturated rings. The van der Waals surface area contributed by atoms with Crippen LogP contribution in [0.1, 0.15) is 24.2 Å². The maximum absolute atomic E-state index is 11.1. The Morgan fingerprint density at radius 3 is 2.59 bits per heavy atom. The topological polar surface area (TPSA) is 111 Å². The van der Waals surface area contributed by atoms with E-state index in [2.05, 4.69) is 10.3 Å². The number of primary amides is 2. The SMILES string of the molecule is CC(C)(CNc1ncccc1C(N)=O)C(N)=O. The molecule has 0 unspecified atom stereocenters. The molecule has 92 valence electrons. The Hall–Kier alpha value is -2.11. The number of nitrogens with one attached hydrogen (secondary N) is 1. The fourth-order valence-corrected chi connectivity index (χ4v) is 1.14. The highest BCUT2D eigenvalue weighted by Gasteiger charge is 2.25. The number of aromatic nitrogens is 1. The molecule has 0 bridgehead atoms. The van der Waals surface area contributed by atoms with Crippen LogP contribution in [0.5, 0.6) is 0 Å². The number of nitrogens with two attached hydrogens (primary N) is 2. The molecule has 0 aromatic carbocycles. The van der Waals surface area contributed by atoms with Crippen molar-refractivity contribution in [2.75, 3.05) is 11.9 Å². The van der Waals surface area contributed by atoms with Crippen molar-refractivity contribution in [1.29, 1.82) is 0 Å². The highest BCUT2D eigenvalue weighted by Crippen LogP contribution is 2.17. The minimum absolute atomic E-state index is 0.277. The van der Waals surface area contributed by atoms with Crippen molar-refractivity contribution in [2.45, 2.75) is 13.8 Å². The highest BCUT2D eigenvalue weighted by molar-refractivity contribution is 5.97. The van der Waals surface area contributed by atoms with E-state index in [0.717, 1.165) is 0 Å². The van der Waals surface area contributed by atoms with E-state index in [9.17, 15) is 9.59 Å². The van der Waals surface area contributed by atoms with Gasteiger partial charge in [-0.1, -0.05) is 0 Å². The van der Waals surface area contributed by atoms with Gasteiger partial charge in [-0.3, -0.25) is 9.59 Å². The monoisotopic (exact) mass is 236 g/mol. The molecule has 1 heterocycles. The van der Waals surface area contributed by atoms with Crippen molar-refractivity contribution in [3.63, 3.8) is 0 Å². The van der Waals surface area contributed by atoms with Crippen LogP contribution in [0.15, 0.2) is 18.3 Å². The van der Waals surface area contributed by atoms with Gasteiger partial charge >= 0.3 is 0 Å². The molecular weight excluding hydrogens is 220 g/mol. The molecular formula is C11H16N4O2. The first-order valence-electron chi connectivity index (χ1n) is 5.13. The molecule has 0 saturated heterocycles. The summed E-state index contributed by atoms with van der Waals surface area (Å²) in [4.78, 5) is 26.3. The molecule has 0 aliphatic rings. The van der Waals surface area contributed by atoms with E-state index in [1.165, 1.54) is 6.20 Å². The molecule has 17 heavy (non-hydrogen) atoms. The molecule has 6 nitrogen and oxygen atoms in total. The molecule has 0 radical (unpaired) electrons. The Balaban J connectivity index is 2.83. The Morgan fingerprint density at radius 2 is 2.06 bits per heavy atom. The van der Waals surface area contributed by atoms with Crippen molar-refractivity contribution in [1.82, 2.24) is 4.98 Å². The quantitative estimate of drug-likeness (QED) is 0.673. The maximum atomic E-state index is 11.1. The average molecular weight is 236 g/mol. The predicted octanol–water partition coefficient (Wildman–Crippen LogP) is 0.104. The fourth-order valence-electron chi connectivity index (χ4n) is 1.14. The first-order chi connectivity index (χ1) is 7.84. The summed E-state index contributed by atoms with van der Waals surface area (Å²) in [6, 6.07) is 3.18. The van der Waals surface area contributed by atoms with Gasteiger partial charge in [0.25, 0.3) is 5.91 Å². The largest absolute Gasteiger partial charge is 0.369 e. The number of hydrogen-bond acceptors (Lipinski definition) is 4. The molecule has 0 atom stereocenters. The zero-order chi connectivity index (χ0) is 13.1. The van der Waals surface area contributed by atoms with E-state index in [-0.39, 0.29) is 12.1 Å². The zero-order valence-electron chi connectivity index (χ0n) is 9.86. The van der Waals surface area contributed by atoms with Crippen LogP contribution in [-0.2, 0) is 4.79 Å². The van der Waals surface area contributed by atoms with E-state index in [1.807, 2.05) is 0 Å². The number of rotatable bonds is 5. The third kappa shape index (κ3) is 3.17. The van der Waals surface area contributed by atoms with Gasteiger partial charge in [-0.25, -0.2) is 4.98 Å². The van der Waals surface area contributed by atoms with Crippen LogP contribution in [-0.4, -0.2) is 23.3 Å². The first kappa shape index (κ1) is 13.0. The fraction of sp³-hybridized carbons (Fsp3) is 0.364. The number of nitrogens with zero attached hydrogens (tertiary/aromatic N) is 1. The smallest absolute Gasteiger partial charge is 0.252 e. The van der Waals surface area contributed by atoms with Crippen LogP contribution in [0.4, 0.5) is 5.82 Å². The van der Waals surface area contributed by atoms with Crippen LogP contribution >= 0.6 is 0 Å². The number of pyridine rings is 1. The lowest BCUT2D eigenvalue weighted by atomic mass is 9.93. The van der Waals surface area contributed by atoms with Gasteiger partial charge < -0.3 is 16.8 Å². The number of anilines is 1. The lowest BCUT2D eigenvalue weighted by molar-refractivity contribution is -0.125. The van der Waals surface area contributed by atoms with Crippen LogP contribution in [0, 0.1) is 5.41 Å². The van der Waals surface area contributed by atoms with Crippen molar-refractivity contribution >= 4 is 17.6 Å². The van der Waals surface area contributed by atoms with Gasteiger partial charge in [0.1, 0.15) is 5.82 Å². The summed E-state index contributed by atoms with van der Waals surface area (Å²) in [5.41, 5.74) is 10.00.